The highest BCUT2D eigenvalue weighted by molar-refractivity contribution is 6.02. The zero-order valence-electron chi connectivity index (χ0n) is 15.6. The van der Waals surface area contributed by atoms with Gasteiger partial charge >= 0.3 is 0 Å². The highest BCUT2D eigenvalue weighted by atomic mass is 14.8. The minimum Gasteiger partial charge on any atom is -0.251 e. The van der Waals surface area contributed by atoms with E-state index in [0.29, 0.717) is 0 Å². The van der Waals surface area contributed by atoms with Crippen LogP contribution in [0.3, 0.4) is 0 Å². The van der Waals surface area contributed by atoms with Crippen molar-refractivity contribution in [2.45, 2.75) is 66.2 Å². The summed E-state index contributed by atoms with van der Waals surface area (Å²) in [4.78, 5) is 9.80. The van der Waals surface area contributed by atoms with Crippen molar-refractivity contribution in [1.29, 1.82) is 0 Å². The second-order valence-electron chi connectivity index (χ2n) is 6.02. The first-order chi connectivity index (χ1) is 11.8. The molecule has 3 aromatic rings. The zero-order valence-corrected chi connectivity index (χ0v) is 15.6. The van der Waals surface area contributed by atoms with E-state index in [1.807, 2.05) is 13.8 Å². The van der Waals surface area contributed by atoms with Crippen LogP contribution in [-0.2, 0) is 12.8 Å². The Hall–Kier alpha value is -1.96. The monoisotopic (exact) mass is 322 g/mol. The molecule has 2 heteroatoms. The number of benzene rings is 1. The van der Waals surface area contributed by atoms with E-state index in [0.717, 1.165) is 23.9 Å². The molecule has 0 bridgehead atoms. The number of aryl methyl sites for hydroxylation is 2. The van der Waals surface area contributed by atoms with Crippen molar-refractivity contribution >= 4 is 21.8 Å². The molecule has 0 saturated heterocycles. The van der Waals surface area contributed by atoms with Crippen LogP contribution in [0.4, 0.5) is 0 Å². The lowest BCUT2D eigenvalue weighted by Gasteiger charge is -2.07. The van der Waals surface area contributed by atoms with Gasteiger partial charge in [0, 0.05) is 22.2 Å². The Labute approximate surface area is 146 Å². The SMILES string of the molecule is CC.CCCCc1ccc2ccc3ccc(CCCC)nc3c2n1. The second kappa shape index (κ2) is 9.36. The number of unbranched alkanes of at least 4 members (excludes halogenated alkanes) is 2. The summed E-state index contributed by atoms with van der Waals surface area (Å²) in [7, 11) is 0. The molecule has 128 valence electrons. The third kappa shape index (κ3) is 4.31. The summed E-state index contributed by atoms with van der Waals surface area (Å²) < 4.78 is 0. The molecule has 0 unspecified atom stereocenters. The molecule has 0 spiro atoms. The van der Waals surface area contributed by atoms with Crippen molar-refractivity contribution in [3.8, 4) is 0 Å². The van der Waals surface area contributed by atoms with Gasteiger partial charge < -0.3 is 0 Å². The fraction of sp³-hybridized carbons (Fsp3) is 0.455. The molecule has 0 aliphatic rings. The molecule has 0 aliphatic carbocycles. The molecule has 0 aliphatic heterocycles. The van der Waals surface area contributed by atoms with Gasteiger partial charge in [0.05, 0.1) is 11.0 Å². The number of fused-ring (bicyclic) bond motifs is 3. The molecule has 2 heterocycles. The van der Waals surface area contributed by atoms with E-state index in [-0.39, 0.29) is 0 Å². The van der Waals surface area contributed by atoms with Gasteiger partial charge in [0.15, 0.2) is 0 Å². The first-order valence-corrected chi connectivity index (χ1v) is 9.50. The minimum absolute atomic E-state index is 1.05. The van der Waals surface area contributed by atoms with E-state index >= 15 is 0 Å². The molecule has 1 aromatic carbocycles. The summed E-state index contributed by atoms with van der Waals surface area (Å²) in [5.74, 6) is 0. The predicted molar refractivity (Wildman–Crippen MR) is 106 cm³/mol. The van der Waals surface area contributed by atoms with Crippen molar-refractivity contribution in [1.82, 2.24) is 9.97 Å². The van der Waals surface area contributed by atoms with E-state index < -0.39 is 0 Å². The molecule has 2 nitrogen and oxygen atoms in total. The quantitative estimate of drug-likeness (QED) is 0.484. The Morgan fingerprint density at radius 2 is 1.00 bits per heavy atom. The average Bonchev–Trinajstić information content (AvgIpc) is 2.66. The van der Waals surface area contributed by atoms with Crippen molar-refractivity contribution in [3.63, 3.8) is 0 Å². The van der Waals surface area contributed by atoms with Gasteiger partial charge in [0.25, 0.3) is 0 Å². The lowest BCUT2D eigenvalue weighted by atomic mass is 10.1. The topological polar surface area (TPSA) is 25.8 Å². The van der Waals surface area contributed by atoms with Gasteiger partial charge in [-0.1, -0.05) is 64.8 Å². The number of aromatic nitrogens is 2. The zero-order chi connectivity index (χ0) is 17.4. The fourth-order valence-electron chi connectivity index (χ4n) is 2.84. The van der Waals surface area contributed by atoms with Gasteiger partial charge in [-0.2, -0.15) is 0 Å². The molecule has 0 N–H and O–H groups in total. The number of pyridine rings is 2. The number of hydrogen-bond donors (Lipinski definition) is 0. The summed E-state index contributed by atoms with van der Waals surface area (Å²) in [6, 6.07) is 13.0. The molecule has 0 fully saturated rings. The predicted octanol–water partition coefficient (Wildman–Crippen LogP) is 6.49. The number of nitrogens with zero attached hydrogens (tertiary/aromatic N) is 2. The molecule has 2 aromatic heterocycles. The minimum atomic E-state index is 1.05. The van der Waals surface area contributed by atoms with Crippen molar-refractivity contribution < 1.29 is 0 Å². The Kier molecular flexibility index (Phi) is 7.17. The van der Waals surface area contributed by atoms with E-state index in [9.17, 15) is 0 Å². The van der Waals surface area contributed by atoms with Gasteiger partial charge in [-0.25, -0.2) is 0 Å². The lowest BCUT2D eigenvalue weighted by molar-refractivity contribution is 0.778. The van der Waals surface area contributed by atoms with Crippen LogP contribution in [0.25, 0.3) is 21.8 Å². The first-order valence-electron chi connectivity index (χ1n) is 9.50. The second-order valence-corrected chi connectivity index (χ2v) is 6.02. The van der Waals surface area contributed by atoms with E-state index in [1.54, 1.807) is 0 Å². The van der Waals surface area contributed by atoms with E-state index in [1.165, 1.54) is 47.8 Å². The number of hydrogen-bond acceptors (Lipinski definition) is 2. The molecule has 0 amide bonds. The molecule has 3 rings (SSSR count). The summed E-state index contributed by atoms with van der Waals surface area (Å²) in [6.07, 6.45) is 6.90. The van der Waals surface area contributed by atoms with Crippen LogP contribution in [0.2, 0.25) is 0 Å². The Balaban J connectivity index is 0.00000100. The van der Waals surface area contributed by atoms with Gasteiger partial charge in [-0.3, -0.25) is 9.97 Å². The van der Waals surface area contributed by atoms with Crippen LogP contribution >= 0.6 is 0 Å². The summed E-state index contributed by atoms with van der Waals surface area (Å²) in [5.41, 5.74) is 4.49. The van der Waals surface area contributed by atoms with Gasteiger partial charge in [-0.15, -0.1) is 0 Å². The van der Waals surface area contributed by atoms with Crippen LogP contribution < -0.4 is 0 Å². The van der Waals surface area contributed by atoms with Gasteiger partial charge in [0.2, 0.25) is 0 Å². The van der Waals surface area contributed by atoms with Crippen LogP contribution in [0.15, 0.2) is 36.4 Å². The highest BCUT2D eigenvalue weighted by Gasteiger charge is 2.06. The standard InChI is InChI=1S/C20H24N2.C2H6/c1-3-5-7-17-13-11-15-9-10-16-12-14-18(8-6-4-2)22-20(16)19(15)21-17;1-2/h9-14H,3-8H2,1-2H3;1-2H3. The summed E-state index contributed by atoms with van der Waals surface area (Å²) in [6.45, 7) is 8.44. The Morgan fingerprint density at radius 1 is 0.625 bits per heavy atom. The van der Waals surface area contributed by atoms with E-state index in [2.05, 4.69) is 50.2 Å². The maximum Gasteiger partial charge on any atom is 0.0967 e. The molecular weight excluding hydrogens is 292 g/mol. The third-order valence-electron chi connectivity index (χ3n) is 4.21. The molecular formula is C22H30N2. The van der Waals surface area contributed by atoms with Crippen LogP contribution in [-0.4, -0.2) is 9.97 Å². The maximum absolute atomic E-state index is 4.90. The van der Waals surface area contributed by atoms with Crippen molar-refractivity contribution in [2.75, 3.05) is 0 Å². The first kappa shape index (κ1) is 18.4. The lowest BCUT2D eigenvalue weighted by Crippen LogP contribution is -1.95. The third-order valence-corrected chi connectivity index (χ3v) is 4.21. The van der Waals surface area contributed by atoms with Crippen LogP contribution in [0.1, 0.15) is 64.8 Å². The molecule has 0 saturated carbocycles. The largest absolute Gasteiger partial charge is 0.251 e. The summed E-state index contributed by atoms with van der Waals surface area (Å²) >= 11 is 0. The number of rotatable bonds is 6. The molecule has 0 atom stereocenters. The highest BCUT2D eigenvalue weighted by Crippen LogP contribution is 2.23. The van der Waals surface area contributed by atoms with E-state index in [4.69, 9.17) is 9.97 Å². The molecule has 24 heavy (non-hydrogen) atoms. The normalized spacial score (nSPS) is 10.7. The van der Waals surface area contributed by atoms with Crippen LogP contribution in [0.5, 0.6) is 0 Å². The van der Waals surface area contributed by atoms with Crippen molar-refractivity contribution in [3.05, 3.63) is 47.8 Å². The van der Waals surface area contributed by atoms with Crippen molar-refractivity contribution in [2.24, 2.45) is 0 Å². The summed E-state index contributed by atoms with van der Waals surface area (Å²) in [5, 5.41) is 2.38. The van der Waals surface area contributed by atoms with Gasteiger partial charge in [0.1, 0.15) is 0 Å². The Morgan fingerprint density at radius 3 is 1.38 bits per heavy atom. The Bertz CT molecular complexity index is 711. The van der Waals surface area contributed by atoms with Crippen LogP contribution in [0, 0.1) is 0 Å². The fourth-order valence-corrected chi connectivity index (χ4v) is 2.84. The molecule has 0 radical (unpaired) electrons. The maximum atomic E-state index is 4.90. The smallest absolute Gasteiger partial charge is 0.0967 e. The average molecular weight is 322 g/mol. The van der Waals surface area contributed by atoms with Gasteiger partial charge in [-0.05, 0) is 37.8 Å².